The number of carboxylic acids is 1. The zero-order chi connectivity index (χ0) is 15.8. The molecule has 0 amide bonds. The molecule has 0 spiro atoms. The highest BCUT2D eigenvalue weighted by Gasteiger charge is 2.23. The number of nitrogens with zero attached hydrogens (tertiary/aromatic N) is 3. The minimum atomic E-state index is -0.908. The molecule has 1 aromatic carbocycles. The Hall–Kier alpha value is -1.88. The second-order valence-corrected chi connectivity index (χ2v) is 6.65. The Labute approximate surface area is 125 Å². The Morgan fingerprint density at radius 1 is 1.33 bits per heavy atom. The molecule has 1 heterocycles. The molecule has 0 saturated heterocycles. The van der Waals surface area contributed by atoms with Crippen molar-refractivity contribution in [1.82, 2.24) is 14.5 Å². The van der Waals surface area contributed by atoms with Gasteiger partial charge in [0.2, 0.25) is 0 Å². The van der Waals surface area contributed by atoms with Gasteiger partial charge in [-0.3, -0.25) is 0 Å². The van der Waals surface area contributed by atoms with Gasteiger partial charge in [-0.05, 0) is 32.3 Å². The third-order valence-electron chi connectivity index (χ3n) is 3.44. The van der Waals surface area contributed by atoms with Gasteiger partial charge in [-0.15, -0.1) is 0 Å². The SMILES string of the molecule is CN(C)CCn1c(C(C)(C)C)nc2ccc(C(=O)O)cc21. The molecular weight excluding hydrogens is 266 g/mol. The molecule has 5 nitrogen and oxygen atoms in total. The Morgan fingerprint density at radius 3 is 2.52 bits per heavy atom. The number of hydrogen-bond acceptors (Lipinski definition) is 3. The number of fused-ring (bicyclic) bond motifs is 1. The van der Waals surface area contributed by atoms with Crippen LogP contribution in [0.1, 0.15) is 37.0 Å². The molecule has 0 unspecified atom stereocenters. The Balaban J connectivity index is 2.61. The van der Waals surface area contributed by atoms with Crippen LogP contribution in [0.15, 0.2) is 18.2 Å². The van der Waals surface area contributed by atoms with Gasteiger partial charge in [-0.1, -0.05) is 20.8 Å². The second-order valence-electron chi connectivity index (χ2n) is 6.65. The quantitative estimate of drug-likeness (QED) is 0.940. The van der Waals surface area contributed by atoms with E-state index in [4.69, 9.17) is 4.98 Å². The summed E-state index contributed by atoms with van der Waals surface area (Å²) in [5.74, 6) is 0.0801. The average Bonchev–Trinajstić information content (AvgIpc) is 2.73. The summed E-state index contributed by atoms with van der Waals surface area (Å²) in [5.41, 5.74) is 1.95. The molecule has 0 aliphatic heterocycles. The second kappa shape index (κ2) is 5.48. The van der Waals surface area contributed by atoms with Crippen LogP contribution < -0.4 is 0 Å². The maximum atomic E-state index is 11.2. The lowest BCUT2D eigenvalue weighted by atomic mass is 9.95. The van der Waals surface area contributed by atoms with Gasteiger partial charge in [-0.25, -0.2) is 9.78 Å². The molecule has 1 aromatic heterocycles. The van der Waals surface area contributed by atoms with Crippen molar-refractivity contribution in [3.05, 3.63) is 29.6 Å². The number of imidazole rings is 1. The van der Waals surface area contributed by atoms with E-state index in [1.807, 2.05) is 14.1 Å². The van der Waals surface area contributed by atoms with E-state index in [-0.39, 0.29) is 5.41 Å². The normalized spacial score (nSPS) is 12.3. The zero-order valence-electron chi connectivity index (χ0n) is 13.3. The lowest BCUT2D eigenvalue weighted by Crippen LogP contribution is -2.24. The number of likely N-dealkylation sites (N-methyl/N-ethyl adjacent to an activating group) is 1. The molecule has 2 aromatic rings. The van der Waals surface area contributed by atoms with Crippen LogP contribution in [0.4, 0.5) is 0 Å². The lowest BCUT2D eigenvalue weighted by molar-refractivity contribution is 0.0697. The van der Waals surface area contributed by atoms with Crippen LogP contribution in [0.3, 0.4) is 0 Å². The molecule has 0 saturated carbocycles. The number of hydrogen-bond donors (Lipinski definition) is 1. The standard InChI is InChI=1S/C16H23N3O2/c1-16(2,3)15-17-12-7-6-11(14(20)21)10-13(12)19(15)9-8-18(4)5/h6-7,10H,8-9H2,1-5H3,(H,20,21). The van der Waals surface area contributed by atoms with Crippen LogP contribution >= 0.6 is 0 Å². The largest absolute Gasteiger partial charge is 0.478 e. The van der Waals surface area contributed by atoms with Gasteiger partial charge in [0.05, 0.1) is 16.6 Å². The van der Waals surface area contributed by atoms with Crippen molar-refractivity contribution < 1.29 is 9.90 Å². The van der Waals surface area contributed by atoms with E-state index in [1.165, 1.54) is 0 Å². The molecule has 0 fully saturated rings. The van der Waals surface area contributed by atoms with Crippen molar-refractivity contribution in [2.45, 2.75) is 32.7 Å². The summed E-state index contributed by atoms with van der Waals surface area (Å²) < 4.78 is 2.14. The van der Waals surface area contributed by atoms with Gasteiger partial charge in [0, 0.05) is 18.5 Å². The number of carbonyl (C=O) groups is 1. The third kappa shape index (κ3) is 3.24. The Bertz CT molecular complexity index is 666. The van der Waals surface area contributed by atoms with Gasteiger partial charge in [0.25, 0.3) is 0 Å². The van der Waals surface area contributed by atoms with Gasteiger partial charge >= 0.3 is 5.97 Å². The van der Waals surface area contributed by atoms with Crippen molar-refractivity contribution >= 4 is 17.0 Å². The molecule has 21 heavy (non-hydrogen) atoms. The summed E-state index contributed by atoms with van der Waals surface area (Å²) in [5, 5.41) is 9.18. The summed E-state index contributed by atoms with van der Waals surface area (Å²) in [7, 11) is 4.05. The van der Waals surface area contributed by atoms with Gasteiger partial charge in [0.1, 0.15) is 5.82 Å². The van der Waals surface area contributed by atoms with Crippen LogP contribution in [-0.4, -0.2) is 46.2 Å². The first kappa shape index (κ1) is 15.5. The Kier molecular flexibility index (Phi) is 4.05. The highest BCUT2D eigenvalue weighted by molar-refractivity contribution is 5.92. The van der Waals surface area contributed by atoms with E-state index >= 15 is 0 Å². The van der Waals surface area contributed by atoms with Crippen LogP contribution in [0.25, 0.3) is 11.0 Å². The first-order valence-electron chi connectivity index (χ1n) is 7.09. The minimum absolute atomic E-state index is 0.0886. The number of carboxylic acid groups (broad SMARTS) is 1. The van der Waals surface area contributed by atoms with Gasteiger partial charge < -0.3 is 14.6 Å². The van der Waals surface area contributed by atoms with E-state index < -0.39 is 5.97 Å². The summed E-state index contributed by atoms with van der Waals surface area (Å²) in [6.07, 6.45) is 0. The fourth-order valence-corrected chi connectivity index (χ4v) is 2.35. The minimum Gasteiger partial charge on any atom is -0.478 e. The molecule has 1 N–H and O–H groups in total. The van der Waals surface area contributed by atoms with Gasteiger partial charge in [-0.2, -0.15) is 0 Å². The zero-order valence-corrected chi connectivity index (χ0v) is 13.3. The van der Waals surface area contributed by atoms with Crippen molar-refractivity contribution in [2.24, 2.45) is 0 Å². The van der Waals surface area contributed by atoms with E-state index in [2.05, 4.69) is 30.2 Å². The number of benzene rings is 1. The number of rotatable bonds is 4. The molecule has 2 rings (SSSR count). The number of aromatic carboxylic acids is 1. The summed E-state index contributed by atoms with van der Waals surface area (Å²) in [6.45, 7) is 8.04. The molecule has 0 aliphatic carbocycles. The monoisotopic (exact) mass is 289 g/mol. The third-order valence-corrected chi connectivity index (χ3v) is 3.44. The summed E-state index contributed by atoms with van der Waals surface area (Å²) in [6, 6.07) is 5.12. The molecule has 0 radical (unpaired) electrons. The highest BCUT2D eigenvalue weighted by Crippen LogP contribution is 2.27. The van der Waals surface area contributed by atoms with E-state index in [9.17, 15) is 9.90 Å². The van der Waals surface area contributed by atoms with Crippen molar-refractivity contribution in [3.8, 4) is 0 Å². The molecule has 0 bridgehead atoms. The number of aromatic nitrogens is 2. The molecule has 0 atom stereocenters. The maximum absolute atomic E-state index is 11.2. The van der Waals surface area contributed by atoms with Crippen LogP contribution in [-0.2, 0) is 12.0 Å². The fourth-order valence-electron chi connectivity index (χ4n) is 2.35. The van der Waals surface area contributed by atoms with Crippen molar-refractivity contribution in [2.75, 3.05) is 20.6 Å². The molecule has 5 heteroatoms. The first-order chi connectivity index (χ1) is 9.70. The molecular formula is C16H23N3O2. The first-order valence-corrected chi connectivity index (χ1v) is 7.09. The fraction of sp³-hybridized carbons (Fsp3) is 0.500. The lowest BCUT2D eigenvalue weighted by Gasteiger charge is -2.21. The smallest absolute Gasteiger partial charge is 0.335 e. The molecule has 0 aliphatic rings. The molecule has 114 valence electrons. The van der Waals surface area contributed by atoms with E-state index in [0.29, 0.717) is 5.56 Å². The predicted octanol–water partition coefficient (Wildman–Crippen LogP) is 2.59. The Morgan fingerprint density at radius 2 is 2.00 bits per heavy atom. The van der Waals surface area contributed by atoms with Gasteiger partial charge in [0.15, 0.2) is 0 Å². The van der Waals surface area contributed by atoms with Crippen LogP contribution in [0, 0.1) is 0 Å². The maximum Gasteiger partial charge on any atom is 0.335 e. The van der Waals surface area contributed by atoms with E-state index in [1.54, 1.807) is 18.2 Å². The summed E-state index contributed by atoms with van der Waals surface area (Å²) in [4.78, 5) is 18.0. The topological polar surface area (TPSA) is 58.4 Å². The average molecular weight is 289 g/mol. The van der Waals surface area contributed by atoms with Crippen molar-refractivity contribution in [3.63, 3.8) is 0 Å². The van der Waals surface area contributed by atoms with Crippen molar-refractivity contribution in [1.29, 1.82) is 0 Å². The predicted molar refractivity (Wildman–Crippen MR) is 83.9 cm³/mol. The summed E-state index contributed by atoms with van der Waals surface area (Å²) >= 11 is 0. The van der Waals surface area contributed by atoms with Crippen LogP contribution in [0.5, 0.6) is 0 Å². The van der Waals surface area contributed by atoms with Crippen LogP contribution in [0.2, 0.25) is 0 Å². The highest BCUT2D eigenvalue weighted by atomic mass is 16.4. The van der Waals surface area contributed by atoms with E-state index in [0.717, 1.165) is 29.9 Å².